The fourth-order valence-electron chi connectivity index (χ4n) is 3.27. The van der Waals surface area contributed by atoms with E-state index >= 15 is 0 Å². The largest absolute Gasteiger partial charge is 0.416 e. The van der Waals surface area contributed by atoms with E-state index in [9.17, 15) is 31.7 Å². The van der Waals surface area contributed by atoms with Gasteiger partial charge in [0.2, 0.25) is 15.8 Å². The molecule has 4 rings (SSSR count). The van der Waals surface area contributed by atoms with Crippen LogP contribution in [0.1, 0.15) is 5.56 Å². The molecule has 3 heterocycles. The normalized spacial score (nSPS) is 16.3. The number of nitrogens with zero attached hydrogens (tertiary/aromatic N) is 5. The number of hydrogen-bond acceptors (Lipinski definition) is 7. The second-order valence-corrected chi connectivity index (χ2v) is 9.30. The maximum atomic E-state index is 12.9. The molecule has 1 aliphatic heterocycles. The zero-order valence-corrected chi connectivity index (χ0v) is 16.7. The van der Waals surface area contributed by atoms with Crippen molar-refractivity contribution in [2.24, 2.45) is 0 Å². The molecule has 3 aromatic rings. The van der Waals surface area contributed by atoms with Gasteiger partial charge in [0.1, 0.15) is 6.20 Å². The Morgan fingerprint density at radius 3 is 2.50 bits per heavy atom. The van der Waals surface area contributed by atoms with Crippen LogP contribution in [0.25, 0.3) is 4.96 Å². The number of nitro groups is 1. The summed E-state index contributed by atoms with van der Waals surface area (Å²) in [5.41, 5.74) is -1.05. The highest BCUT2D eigenvalue weighted by atomic mass is 32.2. The lowest BCUT2D eigenvalue weighted by Gasteiger charge is -2.33. The van der Waals surface area contributed by atoms with Crippen LogP contribution in [0.2, 0.25) is 0 Å². The molecule has 1 aliphatic rings. The fourth-order valence-corrected chi connectivity index (χ4v) is 5.44. The van der Waals surface area contributed by atoms with Crippen LogP contribution in [-0.2, 0) is 16.2 Å². The quantitative estimate of drug-likeness (QED) is 0.438. The first kappa shape index (κ1) is 20.6. The van der Waals surface area contributed by atoms with Crippen LogP contribution < -0.4 is 4.90 Å². The minimum absolute atomic E-state index is 0.0408. The van der Waals surface area contributed by atoms with Gasteiger partial charge < -0.3 is 15.0 Å². The number of rotatable bonds is 4. The number of alkyl halides is 3. The number of imidazole rings is 1. The van der Waals surface area contributed by atoms with Crippen LogP contribution >= 0.6 is 11.3 Å². The average molecular weight is 461 g/mol. The van der Waals surface area contributed by atoms with Gasteiger partial charge in [-0.15, -0.1) is 0 Å². The van der Waals surface area contributed by atoms with Crippen LogP contribution in [0.3, 0.4) is 0 Å². The van der Waals surface area contributed by atoms with Crippen molar-refractivity contribution in [1.82, 2.24) is 13.7 Å². The van der Waals surface area contributed by atoms with E-state index in [4.69, 9.17) is 0 Å². The van der Waals surface area contributed by atoms with E-state index in [1.54, 1.807) is 10.3 Å². The molecule has 0 spiro atoms. The number of fused-ring (bicyclic) bond motifs is 1. The molecule has 160 valence electrons. The molecule has 0 atom stereocenters. The highest BCUT2D eigenvalue weighted by Crippen LogP contribution is 2.33. The fraction of sp³-hybridized carbons (Fsp3) is 0.312. The third-order valence-electron chi connectivity index (χ3n) is 4.73. The van der Waals surface area contributed by atoms with E-state index in [0.717, 1.165) is 22.5 Å². The molecule has 9 nitrogen and oxygen atoms in total. The van der Waals surface area contributed by atoms with Crippen molar-refractivity contribution in [3.05, 3.63) is 51.5 Å². The average Bonchev–Trinajstić information content (AvgIpc) is 3.28. The molecule has 14 heteroatoms. The molecule has 1 fully saturated rings. The van der Waals surface area contributed by atoms with E-state index in [0.29, 0.717) is 11.0 Å². The van der Waals surface area contributed by atoms with Gasteiger partial charge in [-0.25, -0.2) is 8.42 Å². The predicted octanol–water partition coefficient (Wildman–Crippen LogP) is 2.83. The number of hydrogen-bond donors (Lipinski definition) is 0. The monoisotopic (exact) mass is 461 g/mol. The van der Waals surface area contributed by atoms with Gasteiger partial charge >= 0.3 is 12.0 Å². The summed E-state index contributed by atoms with van der Waals surface area (Å²) in [5, 5.41) is 13.1. The number of anilines is 1. The van der Waals surface area contributed by atoms with Gasteiger partial charge in [0.25, 0.3) is 4.96 Å². The first-order valence-electron chi connectivity index (χ1n) is 8.61. The van der Waals surface area contributed by atoms with E-state index in [1.807, 2.05) is 0 Å². The summed E-state index contributed by atoms with van der Waals surface area (Å²) in [4.78, 5) is 16.8. The van der Waals surface area contributed by atoms with E-state index in [1.165, 1.54) is 21.9 Å². The van der Waals surface area contributed by atoms with Crippen molar-refractivity contribution in [2.75, 3.05) is 31.1 Å². The number of benzene rings is 1. The van der Waals surface area contributed by atoms with Crippen molar-refractivity contribution in [1.29, 1.82) is 0 Å². The lowest BCUT2D eigenvalue weighted by molar-refractivity contribution is -0.389. The van der Waals surface area contributed by atoms with Crippen LogP contribution in [0, 0.1) is 10.1 Å². The standard InChI is InChI=1S/C16H14F3N5O4S2/c17-16(18,19)11-2-1-3-12(10-11)30(27,28)22-6-4-21(5-7-22)13-14(24(25)26)23-8-9-29-15(23)20-13/h1-3,8-10H,4-7H2. The topological polar surface area (TPSA) is 101 Å². The Morgan fingerprint density at radius 1 is 1.17 bits per heavy atom. The summed E-state index contributed by atoms with van der Waals surface area (Å²) in [6, 6.07) is 3.58. The molecule has 30 heavy (non-hydrogen) atoms. The van der Waals surface area contributed by atoms with Crippen LogP contribution in [-0.4, -0.2) is 53.2 Å². The Bertz CT molecular complexity index is 1210. The molecule has 1 aromatic carbocycles. The Hall–Kier alpha value is -2.71. The first-order chi connectivity index (χ1) is 14.1. The Labute approximate surface area is 172 Å². The van der Waals surface area contributed by atoms with Gasteiger partial charge in [-0.1, -0.05) is 17.4 Å². The first-order valence-corrected chi connectivity index (χ1v) is 10.9. The summed E-state index contributed by atoms with van der Waals surface area (Å²) in [7, 11) is -4.14. The second-order valence-electron chi connectivity index (χ2n) is 6.49. The zero-order valence-electron chi connectivity index (χ0n) is 15.1. The highest BCUT2D eigenvalue weighted by molar-refractivity contribution is 7.89. The summed E-state index contributed by atoms with van der Waals surface area (Å²) < 4.78 is 66.8. The van der Waals surface area contributed by atoms with Crippen LogP contribution in [0.4, 0.5) is 24.8 Å². The molecule has 0 saturated carbocycles. The lowest BCUT2D eigenvalue weighted by atomic mass is 10.2. The van der Waals surface area contributed by atoms with Crippen molar-refractivity contribution in [3.8, 4) is 0 Å². The van der Waals surface area contributed by atoms with Gasteiger partial charge in [0.15, 0.2) is 0 Å². The summed E-state index contributed by atoms with van der Waals surface area (Å²) in [6.07, 6.45) is -3.12. The molecule has 1 saturated heterocycles. The van der Waals surface area contributed by atoms with Gasteiger partial charge in [-0.05, 0) is 23.1 Å². The molecule has 0 radical (unpaired) electrons. The third kappa shape index (κ3) is 3.50. The minimum Gasteiger partial charge on any atom is -0.358 e. The molecule has 2 aromatic heterocycles. The zero-order chi connectivity index (χ0) is 21.7. The SMILES string of the molecule is O=[N+]([O-])c1c(N2CCN(S(=O)(=O)c3cccc(C(F)(F)F)c3)CC2)nc2sccn12. The van der Waals surface area contributed by atoms with Crippen molar-refractivity contribution in [2.45, 2.75) is 11.1 Å². The number of aromatic nitrogens is 2. The summed E-state index contributed by atoms with van der Waals surface area (Å²) in [6.45, 7) is 0.148. The number of sulfonamides is 1. The number of thiazole rings is 1. The minimum atomic E-state index is -4.66. The van der Waals surface area contributed by atoms with Gasteiger partial charge in [-0.3, -0.25) is 0 Å². The Morgan fingerprint density at radius 2 is 1.87 bits per heavy atom. The molecule has 0 aliphatic carbocycles. The van der Waals surface area contributed by atoms with E-state index in [-0.39, 0.29) is 37.8 Å². The Kier molecular flexibility index (Phi) is 4.94. The van der Waals surface area contributed by atoms with Crippen molar-refractivity contribution in [3.63, 3.8) is 0 Å². The third-order valence-corrected chi connectivity index (χ3v) is 7.38. The van der Waals surface area contributed by atoms with Crippen LogP contribution in [0.5, 0.6) is 0 Å². The molecular formula is C16H14F3N5O4S2. The van der Waals surface area contributed by atoms with E-state index in [2.05, 4.69) is 4.98 Å². The van der Waals surface area contributed by atoms with Gasteiger partial charge in [0.05, 0.1) is 10.5 Å². The highest BCUT2D eigenvalue weighted by Gasteiger charge is 2.36. The summed E-state index contributed by atoms with van der Waals surface area (Å²) in [5.74, 6) is -0.0663. The lowest BCUT2D eigenvalue weighted by Crippen LogP contribution is -2.49. The second kappa shape index (κ2) is 7.21. The van der Waals surface area contributed by atoms with E-state index < -0.39 is 31.6 Å². The summed E-state index contributed by atoms with van der Waals surface area (Å²) >= 11 is 1.23. The van der Waals surface area contributed by atoms with Gasteiger partial charge in [-0.2, -0.15) is 26.9 Å². The molecule has 0 bridgehead atoms. The molecular weight excluding hydrogens is 447 g/mol. The molecule has 0 unspecified atom stereocenters. The van der Waals surface area contributed by atoms with Gasteiger partial charge in [0, 0.05) is 31.6 Å². The van der Waals surface area contributed by atoms with Crippen molar-refractivity contribution < 1.29 is 26.5 Å². The number of piperazine rings is 1. The van der Waals surface area contributed by atoms with Crippen molar-refractivity contribution >= 4 is 38.0 Å². The maximum Gasteiger partial charge on any atom is 0.416 e. The maximum absolute atomic E-state index is 12.9. The Balaban J connectivity index is 1.56. The molecule has 0 amide bonds. The molecule has 0 N–H and O–H groups in total. The smallest absolute Gasteiger partial charge is 0.358 e. The number of halogens is 3. The predicted molar refractivity (Wildman–Crippen MR) is 102 cm³/mol. The van der Waals surface area contributed by atoms with Crippen LogP contribution in [0.15, 0.2) is 40.7 Å².